The molecule has 2 N–H and O–H groups in total. The Morgan fingerprint density at radius 2 is 1.65 bits per heavy atom. The Balaban J connectivity index is 2.87. The van der Waals surface area contributed by atoms with Crippen molar-refractivity contribution in [2.45, 2.75) is 39.3 Å². The molecule has 0 atom stereocenters. The summed E-state index contributed by atoms with van der Waals surface area (Å²) in [5.41, 5.74) is 2.03. The second-order valence-electron chi connectivity index (χ2n) is 4.21. The largest absolute Gasteiger partial charge is 0.395 e. The zero-order valence-corrected chi connectivity index (χ0v) is 10.8. The fraction of sp³-hybridized carbons (Fsp3) is 0.571. The third-order valence-electron chi connectivity index (χ3n) is 3.17. The molecule has 3 heteroatoms. The molecular formula is C14H23NO2. The highest BCUT2D eigenvalue weighted by Gasteiger charge is 2.14. The number of benzene rings is 1. The maximum absolute atomic E-state index is 9.16. The van der Waals surface area contributed by atoms with Gasteiger partial charge in [-0.3, -0.25) is 0 Å². The maximum Gasteiger partial charge on any atom is 0.0681 e. The zero-order valence-electron chi connectivity index (χ0n) is 10.8. The third-order valence-corrected chi connectivity index (χ3v) is 3.17. The van der Waals surface area contributed by atoms with E-state index in [1.54, 1.807) is 0 Å². The third kappa shape index (κ3) is 3.72. The van der Waals surface area contributed by atoms with Crippen LogP contribution in [0.4, 0.5) is 5.69 Å². The standard InChI is InChI=1S/C14H23NO2/c1-3-13(4-2)15(9-10-16)14-7-5-12(11-17)6-8-14/h5-8,13,16-17H,3-4,9-11H2,1-2H3. The Morgan fingerprint density at radius 3 is 2.06 bits per heavy atom. The predicted octanol–water partition coefficient (Wildman–Crippen LogP) is 2.17. The van der Waals surface area contributed by atoms with E-state index in [0.29, 0.717) is 12.6 Å². The summed E-state index contributed by atoms with van der Waals surface area (Å²) in [5.74, 6) is 0. The number of aliphatic hydroxyl groups is 2. The second kappa shape index (κ2) is 7.30. The molecule has 0 amide bonds. The van der Waals surface area contributed by atoms with Gasteiger partial charge in [0, 0.05) is 18.3 Å². The molecule has 0 aromatic heterocycles. The van der Waals surface area contributed by atoms with Gasteiger partial charge in [0.1, 0.15) is 0 Å². The van der Waals surface area contributed by atoms with E-state index in [1.165, 1.54) is 0 Å². The summed E-state index contributed by atoms with van der Waals surface area (Å²) >= 11 is 0. The van der Waals surface area contributed by atoms with Gasteiger partial charge in [0.25, 0.3) is 0 Å². The normalized spacial score (nSPS) is 10.9. The van der Waals surface area contributed by atoms with Crippen LogP contribution in [-0.2, 0) is 6.61 Å². The minimum Gasteiger partial charge on any atom is -0.395 e. The Bertz CT molecular complexity index is 307. The van der Waals surface area contributed by atoms with Gasteiger partial charge in [0.15, 0.2) is 0 Å². The summed E-state index contributed by atoms with van der Waals surface area (Å²) in [6, 6.07) is 8.35. The first kappa shape index (κ1) is 14.0. The van der Waals surface area contributed by atoms with Crippen LogP contribution in [-0.4, -0.2) is 29.4 Å². The summed E-state index contributed by atoms with van der Waals surface area (Å²) in [6.07, 6.45) is 2.14. The van der Waals surface area contributed by atoms with Gasteiger partial charge >= 0.3 is 0 Å². The van der Waals surface area contributed by atoms with Gasteiger partial charge in [-0.05, 0) is 30.5 Å². The fourth-order valence-corrected chi connectivity index (χ4v) is 2.15. The monoisotopic (exact) mass is 237 g/mol. The van der Waals surface area contributed by atoms with Gasteiger partial charge in [-0.2, -0.15) is 0 Å². The summed E-state index contributed by atoms with van der Waals surface area (Å²) < 4.78 is 0. The molecule has 0 bridgehead atoms. The van der Waals surface area contributed by atoms with Crippen molar-refractivity contribution in [3.05, 3.63) is 29.8 Å². The van der Waals surface area contributed by atoms with E-state index in [1.807, 2.05) is 24.3 Å². The Kier molecular flexibility index (Phi) is 6.01. The summed E-state index contributed by atoms with van der Waals surface area (Å²) in [4.78, 5) is 2.24. The Hall–Kier alpha value is -1.06. The minimum absolute atomic E-state index is 0.0747. The van der Waals surface area contributed by atoms with E-state index < -0.39 is 0 Å². The molecule has 0 heterocycles. The van der Waals surface area contributed by atoms with Gasteiger partial charge in [0.2, 0.25) is 0 Å². The number of aliphatic hydroxyl groups excluding tert-OH is 2. The van der Waals surface area contributed by atoms with Gasteiger partial charge < -0.3 is 15.1 Å². The summed E-state index contributed by atoms with van der Waals surface area (Å²) in [7, 11) is 0. The van der Waals surface area contributed by atoms with E-state index in [-0.39, 0.29) is 13.2 Å². The molecular weight excluding hydrogens is 214 g/mol. The van der Waals surface area contributed by atoms with Gasteiger partial charge in [0.05, 0.1) is 13.2 Å². The minimum atomic E-state index is 0.0747. The zero-order chi connectivity index (χ0) is 12.7. The van der Waals surface area contributed by atoms with Crippen LogP contribution in [0.25, 0.3) is 0 Å². The highest BCUT2D eigenvalue weighted by atomic mass is 16.3. The van der Waals surface area contributed by atoms with Gasteiger partial charge in [-0.15, -0.1) is 0 Å². The van der Waals surface area contributed by atoms with Crippen LogP contribution in [0.5, 0.6) is 0 Å². The average Bonchev–Trinajstić information content (AvgIpc) is 2.39. The van der Waals surface area contributed by atoms with Crippen molar-refractivity contribution in [1.29, 1.82) is 0 Å². The summed E-state index contributed by atoms with van der Waals surface area (Å²) in [5, 5.41) is 18.2. The predicted molar refractivity (Wildman–Crippen MR) is 71.2 cm³/mol. The molecule has 17 heavy (non-hydrogen) atoms. The molecule has 0 aliphatic heterocycles. The molecule has 0 unspecified atom stereocenters. The van der Waals surface area contributed by atoms with E-state index in [2.05, 4.69) is 18.7 Å². The first-order valence-corrected chi connectivity index (χ1v) is 6.34. The van der Waals surface area contributed by atoms with Crippen molar-refractivity contribution in [2.75, 3.05) is 18.1 Å². The Morgan fingerprint density at radius 1 is 1.06 bits per heavy atom. The van der Waals surface area contributed by atoms with Gasteiger partial charge in [-0.1, -0.05) is 26.0 Å². The summed E-state index contributed by atoms with van der Waals surface area (Å²) in [6.45, 7) is 5.23. The van der Waals surface area contributed by atoms with Crippen LogP contribution in [0, 0.1) is 0 Å². The van der Waals surface area contributed by atoms with Crippen LogP contribution in [0.1, 0.15) is 32.3 Å². The van der Waals surface area contributed by atoms with E-state index in [0.717, 1.165) is 24.1 Å². The number of hydrogen-bond acceptors (Lipinski definition) is 3. The average molecular weight is 237 g/mol. The molecule has 0 saturated heterocycles. The molecule has 1 aromatic carbocycles. The van der Waals surface area contributed by atoms with E-state index in [4.69, 9.17) is 10.2 Å². The maximum atomic E-state index is 9.16. The molecule has 0 spiro atoms. The quantitative estimate of drug-likeness (QED) is 0.764. The molecule has 3 nitrogen and oxygen atoms in total. The lowest BCUT2D eigenvalue weighted by molar-refractivity contribution is 0.281. The second-order valence-corrected chi connectivity index (χ2v) is 4.21. The van der Waals surface area contributed by atoms with Crippen LogP contribution in [0.3, 0.4) is 0 Å². The number of anilines is 1. The highest BCUT2D eigenvalue weighted by molar-refractivity contribution is 5.48. The van der Waals surface area contributed by atoms with Crippen LogP contribution >= 0.6 is 0 Å². The first-order chi connectivity index (χ1) is 8.26. The highest BCUT2D eigenvalue weighted by Crippen LogP contribution is 2.20. The molecule has 0 radical (unpaired) electrons. The van der Waals surface area contributed by atoms with Crippen molar-refractivity contribution >= 4 is 5.69 Å². The Labute approximate surface area is 104 Å². The lowest BCUT2D eigenvalue weighted by atomic mass is 10.1. The SMILES string of the molecule is CCC(CC)N(CCO)c1ccc(CO)cc1. The molecule has 0 aliphatic carbocycles. The van der Waals surface area contributed by atoms with Crippen molar-refractivity contribution in [2.24, 2.45) is 0 Å². The van der Waals surface area contributed by atoms with Crippen molar-refractivity contribution in [1.82, 2.24) is 0 Å². The molecule has 1 rings (SSSR count). The van der Waals surface area contributed by atoms with E-state index >= 15 is 0 Å². The van der Waals surface area contributed by atoms with Crippen LogP contribution in [0.15, 0.2) is 24.3 Å². The number of nitrogens with zero attached hydrogens (tertiary/aromatic N) is 1. The van der Waals surface area contributed by atoms with Crippen LogP contribution in [0.2, 0.25) is 0 Å². The van der Waals surface area contributed by atoms with Crippen molar-refractivity contribution in [3.8, 4) is 0 Å². The van der Waals surface area contributed by atoms with E-state index in [9.17, 15) is 0 Å². The lowest BCUT2D eigenvalue weighted by Crippen LogP contribution is -2.36. The lowest BCUT2D eigenvalue weighted by Gasteiger charge is -2.32. The molecule has 0 saturated carbocycles. The number of hydrogen-bond donors (Lipinski definition) is 2. The smallest absolute Gasteiger partial charge is 0.0681 e. The molecule has 1 aromatic rings. The number of rotatable bonds is 7. The molecule has 96 valence electrons. The van der Waals surface area contributed by atoms with Crippen molar-refractivity contribution in [3.63, 3.8) is 0 Å². The van der Waals surface area contributed by atoms with Crippen molar-refractivity contribution < 1.29 is 10.2 Å². The first-order valence-electron chi connectivity index (χ1n) is 6.34. The van der Waals surface area contributed by atoms with Gasteiger partial charge in [-0.25, -0.2) is 0 Å². The fourth-order valence-electron chi connectivity index (χ4n) is 2.15. The topological polar surface area (TPSA) is 43.7 Å². The van der Waals surface area contributed by atoms with Crippen LogP contribution < -0.4 is 4.90 Å². The molecule has 0 aliphatic rings. The molecule has 0 fully saturated rings.